The monoisotopic (exact) mass is 2800 g/mol. The van der Waals surface area contributed by atoms with E-state index >= 15 is 0 Å². The van der Waals surface area contributed by atoms with Crippen LogP contribution < -0.4 is 0 Å². The Morgan fingerprint density at radius 1 is 0.400 bits per heavy atom. The van der Waals surface area contributed by atoms with E-state index in [1.807, 2.05) is 0 Å². The molecule has 0 saturated carbocycles. The topological polar surface area (TPSA) is 18.5 Å². The predicted octanol–water partition coefficient (Wildman–Crippen LogP) is 5.28. The molecule has 32 heteroatoms. The molecular formula is C18H44O2P6W2Y22-2. The van der Waals surface area contributed by atoms with E-state index in [2.05, 4.69) is 78.3 Å². The van der Waals surface area contributed by atoms with E-state index in [9.17, 15) is 0 Å². The molecule has 0 aliphatic rings. The first-order valence-corrected chi connectivity index (χ1v) is 22.6. The third kappa shape index (κ3) is 158. The minimum absolute atomic E-state index is 0. The summed E-state index contributed by atoms with van der Waals surface area (Å²) < 4.78 is 10.8. The average Bonchev–Trinajstić information content (AvgIpc) is 2.34. The minimum Gasteiger partial charge on any atom is -0.396 e. The number of hydrogen-bond acceptors (Lipinski definition) is 2. The first kappa shape index (κ1) is 171. The van der Waals surface area contributed by atoms with Crippen molar-refractivity contribution < 1.29 is 771 Å². The van der Waals surface area contributed by atoms with Crippen molar-refractivity contribution in [3.63, 3.8) is 0 Å². The van der Waals surface area contributed by atoms with Crippen LogP contribution in [0.1, 0.15) is 0 Å². The van der Waals surface area contributed by atoms with Crippen molar-refractivity contribution in [1.29, 1.82) is 0 Å². The van der Waals surface area contributed by atoms with Gasteiger partial charge < -0.3 is 22.9 Å². The van der Waals surface area contributed by atoms with Crippen LogP contribution in [0.4, 0.5) is 0 Å². The Balaban J connectivity index is -0.00000000649. The van der Waals surface area contributed by atoms with Gasteiger partial charge in [-0.2, -0.15) is 0 Å². The summed E-state index contributed by atoms with van der Waals surface area (Å²) in [6.45, 7) is 15.7. The SMILES string of the molecule is C=[PH](C[PH](=C)OC[CH2-])CP(=C)(C)C.C=[PH](C[PH](=C)OC[CH2-])CP(=C)(C)C.[W].[W].[Y].[Y].[Y].[Y].[Y].[Y].[Y].[Y].[Y].[Y].[Y].[Y].[Y].[Y].[Y].[Y].[Y].[Y].[Y].[Y].[Y].[Y]. The van der Waals surface area contributed by atoms with Gasteiger partial charge in [0.05, 0.1) is 0 Å². The summed E-state index contributed by atoms with van der Waals surface area (Å²) in [4.78, 5) is 0. The van der Waals surface area contributed by atoms with Crippen LogP contribution in [0.25, 0.3) is 0 Å². The molecule has 2 nitrogen and oxygen atoms in total. The zero-order valence-electron chi connectivity index (χ0n) is 31.1. The molecule has 0 aromatic heterocycles. The van der Waals surface area contributed by atoms with Gasteiger partial charge in [0.25, 0.3) is 0 Å². The maximum atomic E-state index is 5.38. The van der Waals surface area contributed by atoms with Crippen LogP contribution in [0.2, 0.25) is 0 Å². The van der Waals surface area contributed by atoms with Crippen molar-refractivity contribution in [2.75, 3.05) is 63.5 Å². The molecule has 50 heavy (non-hydrogen) atoms. The largest absolute Gasteiger partial charge is 0.396 e. The van der Waals surface area contributed by atoms with Gasteiger partial charge in [-0.05, 0) is 54.0 Å². The van der Waals surface area contributed by atoms with Crippen LogP contribution in [-0.4, -0.2) is 101 Å². The summed E-state index contributed by atoms with van der Waals surface area (Å²) in [5, 5.41) is 0. The fourth-order valence-electron chi connectivity index (χ4n) is 2.27. The first-order chi connectivity index (χ1) is 11.7. The predicted molar refractivity (Wildman–Crippen MR) is 156 cm³/mol. The van der Waals surface area contributed by atoms with Crippen LogP contribution in [0.3, 0.4) is 0 Å². The summed E-state index contributed by atoms with van der Waals surface area (Å²) in [7, 11) is -2.70. The summed E-state index contributed by atoms with van der Waals surface area (Å²) >= 11 is 0. The normalized spacial score (nSPS) is 8.76. The van der Waals surface area contributed by atoms with Gasteiger partial charge in [0, 0.05) is 774 Å². The van der Waals surface area contributed by atoms with Gasteiger partial charge in [0.1, 0.15) is 0 Å². The van der Waals surface area contributed by atoms with Crippen LogP contribution in [0, 0.1) is 13.8 Å². The van der Waals surface area contributed by atoms with Crippen LogP contribution in [0.5, 0.6) is 0 Å². The van der Waals surface area contributed by atoms with Crippen LogP contribution in [-0.2, 0) is 771 Å². The summed E-state index contributed by atoms with van der Waals surface area (Å²) in [6, 6.07) is 0. The molecule has 4 atom stereocenters. The Morgan fingerprint density at radius 2 is 0.540 bits per heavy atom. The second kappa shape index (κ2) is 123. The Hall–Kier alpha value is 27.4. The molecule has 0 aromatic carbocycles. The molecule has 22 radical (unpaired) electrons. The molecule has 0 amide bonds. The van der Waals surface area contributed by atoms with Crippen molar-refractivity contribution >= 4 is 82.2 Å². The molecule has 0 spiro atoms. The smallest absolute Gasteiger partial charge is 0.00429 e. The fourth-order valence-corrected chi connectivity index (χ4v) is 20.7. The Bertz CT molecular complexity index is 590. The Labute approximate surface area is 899 Å². The van der Waals surface area contributed by atoms with Gasteiger partial charge in [-0.15, -0.1) is 54.1 Å². The average molecular weight is 2800 g/mol. The van der Waals surface area contributed by atoms with Crippen molar-refractivity contribution in [3.05, 3.63) is 13.8 Å². The van der Waals surface area contributed by atoms with E-state index in [4.69, 9.17) is 9.05 Å². The molecule has 0 aromatic rings. The van der Waals surface area contributed by atoms with Crippen molar-refractivity contribution in [1.82, 2.24) is 0 Å². The molecular weight excluding hydrogens is 2760 g/mol. The van der Waals surface area contributed by atoms with Gasteiger partial charge in [-0.25, -0.2) is 0 Å². The van der Waals surface area contributed by atoms with Crippen LogP contribution >= 0.6 is 44.4 Å². The maximum absolute atomic E-state index is 5.38. The quantitative estimate of drug-likeness (QED) is 0.196. The maximum Gasteiger partial charge on any atom is 0.00429 e. The zero-order chi connectivity index (χ0) is 21.0. The van der Waals surface area contributed by atoms with E-state index in [0.717, 1.165) is 11.8 Å². The molecule has 0 aliphatic carbocycles. The summed E-state index contributed by atoms with van der Waals surface area (Å²) in [5.41, 5.74) is 0. The molecule has 4 unspecified atom stereocenters. The standard InChI is InChI=1S/2C9H22OP3.2W.22Y/c2*1-7-10-12(3)8-11(2)9-13(4,5)6;;;;;;;;;;;;;;;;;;;;;;;;/h2*11-12H,1-4,7-9H2,5-6H3;;;;;;;;;;;;;;;;;;;;;;;;/q2*-1;;;;;;;;;;;;;;;;;;;;;;;;. The molecule has 0 N–H and O–H groups in total. The van der Waals surface area contributed by atoms with Crippen molar-refractivity contribution in [2.45, 2.75) is 0 Å². The zero-order valence-corrected chi connectivity index (χ0v) is 105. The van der Waals surface area contributed by atoms with E-state index in [1.54, 1.807) is 0 Å². The summed E-state index contributed by atoms with van der Waals surface area (Å²) in [6.07, 6.45) is 24.9. The summed E-state index contributed by atoms with van der Waals surface area (Å²) in [5.74, 6) is 4.71. The third-order valence-corrected chi connectivity index (χ3v) is 21.6. The molecule has 0 aliphatic heterocycles. The van der Waals surface area contributed by atoms with Crippen molar-refractivity contribution in [3.8, 4) is 0 Å². The van der Waals surface area contributed by atoms with E-state index in [0.29, 0.717) is 13.2 Å². The fraction of sp³-hybridized carbons (Fsp3) is 0.556. The molecule has 0 rings (SSSR count). The molecule has 238 valence electrons. The molecule has 0 fully saturated rings. The number of hydrogen-bond donors (Lipinski definition) is 0. The van der Waals surface area contributed by atoms with E-state index in [-0.39, 0.29) is 762 Å². The van der Waals surface area contributed by atoms with E-state index in [1.165, 1.54) is 11.8 Å². The van der Waals surface area contributed by atoms with Gasteiger partial charge in [0.15, 0.2) is 0 Å². The van der Waals surface area contributed by atoms with Crippen molar-refractivity contribution in [2.24, 2.45) is 0 Å². The van der Waals surface area contributed by atoms with Gasteiger partial charge in [-0.3, -0.25) is 0 Å². The molecule has 0 heterocycles. The molecule has 0 bridgehead atoms. The first-order valence-electron chi connectivity index (χ1n) is 8.57. The Kier molecular flexibility index (Phi) is 421. The van der Waals surface area contributed by atoms with Gasteiger partial charge in [0.2, 0.25) is 0 Å². The number of rotatable bonds is 12. The van der Waals surface area contributed by atoms with Gasteiger partial charge >= 0.3 is 0 Å². The van der Waals surface area contributed by atoms with E-state index < -0.39 is 44.4 Å². The second-order valence-electron chi connectivity index (χ2n) is 7.82. The Morgan fingerprint density at radius 3 is 0.640 bits per heavy atom. The van der Waals surface area contributed by atoms with Gasteiger partial charge in [-0.1, -0.05) is 25.8 Å². The molecule has 0 saturated heterocycles. The third-order valence-electron chi connectivity index (χ3n) is 2.81. The second-order valence-corrected chi connectivity index (χ2v) is 26.6. The van der Waals surface area contributed by atoms with Crippen LogP contribution in [0.15, 0.2) is 0 Å². The minimum atomic E-state index is -0.897.